The number of hydrogen-bond donors (Lipinski definition) is 2. The fourth-order valence-electron chi connectivity index (χ4n) is 2.18. The van der Waals surface area contributed by atoms with Crippen LogP contribution in [0.2, 0.25) is 0 Å². The van der Waals surface area contributed by atoms with Gasteiger partial charge in [0.1, 0.15) is 0 Å². The molecule has 0 saturated carbocycles. The van der Waals surface area contributed by atoms with Crippen molar-refractivity contribution in [2.45, 2.75) is 19.5 Å². The molecule has 0 aliphatic rings. The van der Waals surface area contributed by atoms with Crippen molar-refractivity contribution in [1.29, 1.82) is 0 Å². The summed E-state index contributed by atoms with van der Waals surface area (Å²) in [6.07, 6.45) is -4.06. The first-order chi connectivity index (χ1) is 12.9. The number of hydrogen-bond acceptors (Lipinski definition) is 5. The van der Waals surface area contributed by atoms with Crippen molar-refractivity contribution in [2.24, 2.45) is 4.99 Å². The van der Waals surface area contributed by atoms with Gasteiger partial charge in [-0.15, -0.1) is 11.3 Å². The molecule has 0 spiro atoms. The molecule has 0 aliphatic carbocycles. The van der Waals surface area contributed by atoms with E-state index in [2.05, 4.69) is 20.6 Å². The summed E-state index contributed by atoms with van der Waals surface area (Å²) in [5.41, 5.74) is -0.122. The molecule has 10 heteroatoms. The number of aliphatic imine (C=N–C) groups is 1. The van der Waals surface area contributed by atoms with Crippen LogP contribution in [0.1, 0.15) is 17.6 Å². The van der Waals surface area contributed by atoms with E-state index in [9.17, 15) is 13.2 Å². The van der Waals surface area contributed by atoms with E-state index in [0.29, 0.717) is 42.0 Å². The van der Waals surface area contributed by atoms with Gasteiger partial charge in [0.05, 0.1) is 18.7 Å². The number of aromatic nitrogens is 1. The van der Waals surface area contributed by atoms with Gasteiger partial charge in [-0.2, -0.15) is 13.2 Å². The van der Waals surface area contributed by atoms with E-state index in [-0.39, 0.29) is 0 Å². The molecule has 1 heterocycles. The van der Waals surface area contributed by atoms with Gasteiger partial charge in [0, 0.05) is 37.1 Å². The molecule has 2 aromatic rings. The van der Waals surface area contributed by atoms with Crippen molar-refractivity contribution in [3.8, 4) is 11.5 Å². The first-order valence-corrected chi connectivity index (χ1v) is 9.05. The van der Waals surface area contributed by atoms with Crippen LogP contribution in [-0.2, 0) is 12.6 Å². The zero-order valence-corrected chi connectivity index (χ0v) is 16.0. The van der Waals surface area contributed by atoms with Gasteiger partial charge in [-0.1, -0.05) is 0 Å². The number of nitrogens with zero attached hydrogens (tertiary/aromatic N) is 2. The van der Waals surface area contributed by atoms with Crippen molar-refractivity contribution >= 4 is 23.0 Å². The molecule has 27 heavy (non-hydrogen) atoms. The molecular weight excluding hydrogens is 381 g/mol. The van der Waals surface area contributed by atoms with Crippen LogP contribution in [0.4, 0.5) is 18.9 Å². The number of halogens is 3. The van der Waals surface area contributed by atoms with Crippen molar-refractivity contribution in [3.63, 3.8) is 0 Å². The number of anilines is 1. The van der Waals surface area contributed by atoms with E-state index in [1.54, 1.807) is 26.3 Å². The van der Waals surface area contributed by atoms with Gasteiger partial charge < -0.3 is 20.1 Å². The number of guanidine groups is 1. The minimum atomic E-state index is -4.41. The molecule has 148 valence electrons. The Bertz CT molecular complexity index is 778. The van der Waals surface area contributed by atoms with E-state index >= 15 is 0 Å². The molecule has 0 fully saturated rings. The zero-order valence-electron chi connectivity index (χ0n) is 15.2. The fraction of sp³-hybridized carbons (Fsp3) is 0.412. The molecule has 0 unspecified atom stereocenters. The predicted octanol–water partition coefficient (Wildman–Crippen LogP) is 3.80. The Morgan fingerprint density at radius 3 is 2.67 bits per heavy atom. The van der Waals surface area contributed by atoms with Gasteiger partial charge in [-0.05, 0) is 19.1 Å². The third-order valence-corrected chi connectivity index (χ3v) is 4.33. The summed E-state index contributed by atoms with van der Waals surface area (Å²) >= 11 is 0.989. The summed E-state index contributed by atoms with van der Waals surface area (Å²) in [6, 6.07) is 5.37. The highest BCUT2D eigenvalue weighted by molar-refractivity contribution is 7.09. The van der Waals surface area contributed by atoms with Gasteiger partial charge in [0.25, 0.3) is 0 Å². The summed E-state index contributed by atoms with van der Waals surface area (Å²) in [5, 5.41) is 7.57. The lowest BCUT2D eigenvalue weighted by molar-refractivity contribution is -0.140. The van der Waals surface area contributed by atoms with Crippen LogP contribution in [-0.4, -0.2) is 38.3 Å². The topological polar surface area (TPSA) is 67.8 Å². The predicted molar refractivity (Wildman–Crippen MR) is 100.0 cm³/mol. The van der Waals surface area contributed by atoms with Crippen molar-refractivity contribution in [2.75, 3.05) is 32.6 Å². The van der Waals surface area contributed by atoms with Crippen LogP contribution in [0.3, 0.4) is 0 Å². The molecule has 0 atom stereocenters. The Morgan fingerprint density at radius 2 is 2.07 bits per heavy atom. The molecule has 1 aromatic carbocycles. The van der Waals surface area contributed by atoms with Gasteiger partial charge >= 0.3 is 6.18 Å². The Kier molecular flexibility index (Phi) is 7.28. The van der Waals surface area contributed by atoms with Crippen molar-refractivity contribution in [1.82, 2.24) is 10.3 Å². The number of ether oxygens (including phenoxy) is 2. The zero-order chi connectivity index (χ0) is 19.9. The number of thiazole rings is 1. The van der Waals surface area contributed by atoms with Gasteiger partial charge in [0.15, 0.2) is 23.2 Å². The highest BCUT2D eigenvalue weighted by Crippen LogP contribution is 2.31. The standard InChI is InChI=1S/C17H21F3N4O2S/c1-4-26-12-6-5-11(9-13(12)25-3)23-16(21-2)22-8-7-15-24-14(10-27-15)17(18,19)20/h5-6,9-10H,4,7-8H2,1-3H3,(H2,21,22,23). The number of alkyl halides is 3. The Balaban J connectivity index is 1.91. The molecule has 2 N–H and O–H groups in total. The van der Waals surface area contributed by atoms with Crippen LogP contribution < -0.4 is 20.1 Å². The SMILES string of the molecule is CCOc1ccc(NC(=NC)NCCc2nc(C(F)(F)F)cs2)cc1OC. The normalized spacial score (nSPS) is 12.0. The highest BCUT2D eigenvalue weighted by Gasteiger charge is 2.33. The van der Waals surface area contributed by atoms with E-state index in [1.165, 1.54) is 0 Å². The molecular formula is C17H21F3N4O2S. The van der Waals surface area contributed by atoms with Gasteiger partial charge in [0.2, 0.25) is 0 Å². The largest absolute Gasteiger partial charge is 0.493 e. The lowest BCUT2D eigenvalue weighted by Gasteiger charge is -2.14. The van der Waals surface area contributed by atoms with E-state index in [1.807, 2.05) is 13.0 Å². The minimum Gasteiger partial charge on any atom is -0.493 e. The summed E-state index contributed by atoms with van der Waals surface area (Å²) in [7, 11) is 3.16. The lowest BCUT2D eigenvalue weighted by Crippen LogP contribution is -2.32. The third-order valence-electron chi connectivity index (χ3n) is 3.42. The molecule has 0 bridgehead atoms. The average Bonchev–Trinajstić information content (AvgIpc) is 3.11. The van der Waals surface area contributed by atoms with Gasteiger partial charge in [-0.3, -0.25) is 4.99 Å². The summed E-state index contributed by atoms with van der Waals surface area (Å²) in [4.78, 5) is 7.70. The number of nitrogens with one attached hydrogen (secondary N) is 2. The first kappa shape index (κ1) is 20.8. The second kappa shape index (κ2) is 9.45. The molecule has 0 radical (unpaired) electrons. The van der Waals surface area contributed by atoms with Gasteiger partial charge in [-0.25, -0.2) is 4.98 Å². The number of rotatable bonds is 7. The fourth-order valence-corrected chi connectivity index (χ4v) is 2.98. The van der Waals surface area contributed by atoms with Crippen molar-refractivity contribution in [3.05, 3.63) is 34.3 Å². The van der Waals surface area contributed by atoms with E-state index in [4.69, 9.17) is 9.47 Å². The molecule has 1 aromatic heterocycles. The smallest absolute Gasteiger partial charge is 0.434 e. The Hall–Kier alpha value is -2.49. The molecule has 0 amide bonds. The second-order valence-electron chi connectivity index (χ2n) is 5.30. The Labute approximate surface area is 159 Å². The van der Waals surface area contributed by atoms with Crippen LogP contribution in [0.5, 0.6) is 11.5 Å². The summed E-state index contributed by atoms with van der Waals surface area (Å²) in [6.45, 7) is 2.80. The third kappa shape index (κ3) is 6.02. The first-order valence-electron chi connectivity index (χ1n) is 8.17. The molecule has 2 rings (SSSR count). The van der Waals surface area contributed by atoms with Crippen LogP contribution in [0.25, 0.3) is 0 Å². The Morgan fingerprint density at radius 1 is 1.30 bits per heavy atom. The maximum atomic E-state index is 12.6. The van der Waals surface area contributed by atoms with E-state index in [0.717, 1.165) is 22.4 Å². The lowest BCUT2D eigenvalue weighted by atomic mass is 10.2. The highest BCUT2D eigenvalue weighted by atomic mass is 32.1. The average molecular weight is 402 g/mol. The summed E-state index contributed by atoms with van der Waals surface area (Å²) in [5.74, 6) is 1.70. The van der Waals surface area contributed by atoms with Crippen LogP contribution in [0, 0.1) is 0 Å². The van der Waals surface area contributed by atoms with E-state index < -0.39 is 11.9 Å². The maximum Gasteiger partial charge on any atom is 0.434 e. The number of benzene rings is 1. The van der Waals surface area contributed by atoms with Crippen molar-refractivity contribution < 1.29 is 22.6 Å². The number of methoxy groups -OCH3 is 1. The minimum absolute atomic E-state index is 0.355. The van der Waals surface area contributed by atoms with Crippen LogP contribution in [0.15, 0.2) is 28.6 Å². The molecule has 0 aliphatic heterocycles. The maximum absolute atomic E-state index is 12.6. The van der Waals surface area contributed by atoms with Crippen LogP contribution >= 0.6 is 11.3 Å². The molecule has 6 nitrogen and oxygen atoms in total. The quantitative estimate of drug-likeness (QED) is 0.545. The second-order valence-corrected chi connectivity index (χ2v) is 6.24. The molecule has 0 saturated heterocycles. The summed E-state index contributed by atoms with van der Waals surface area (Å²) < 4.78 is 48.5. The monoisotopic (exact) mass is 402 g/mol.